The van der Waals surface area contributed by atoms with Crippen molar-refractivity contribution in [1.82, 2.24) is 14.9 Å². The molecule has 6 heteroatoms. The van der Waals surface area contributed by atoms with Gasteiger partial charge in [0.05, 0.1) is 32.0 Å². The molecule has 1 N–H and O–H groups in total. The number of aromatic nitrogens is 2. The third-order valence-corrected chi connectivity index (χ3v) is 4.96. The highest BCUT2D eigenvalue weighted by Gasteiger charge is 2.43. The summed E-state index contributed by atoms with van der Waals surface area (Å²) < 4.78 is 19.7. The maximum Gasteiger partial charge on any atom is 0.173 e. The summed E-state index contributed by atoms with van der Waals surface area (Å²) in [5.41, 5.74) is 0. The Balaban J connectivity index is 1.35. The topological polar surface area (TPSA) is 57.5 Å². The molecule has 3 heterocycles. The molecule has 0 aromatic carbocycles. The van der Waals surface area contributed by atoms with E-state index in [1.165, 1.54) is 12.8 Å². The van der Waals surface area contributed by atoms with Crippen molar-refractivity contribution in [3.05, 3.63) is 18.2 Å². The first kappa shape index (κ1) is 14.6. The Hall–Kier alpha value is -0.950. The van der Waals surface area contributed by atoms with Crippen LogP contribution in [-0.2, 0) is 21.3 Å². The van der Waals surface area contributed by atoms with Crippen LogP contribution in [0, 0.1) is 5.92 Å². The molecule has 2 aliphatic heterocycles. The molecule has 3 aliphatic rings. The lowest BCUT2D eigenvalue weighted by atomic mass is 10.1. The minimum atomic E-state index is -0.386. The van der Waals surface area contributed by atoms with Gasteiger partial charge in [0.25, 0.3) is 0 Å². The van der Waals surface area contributed by atoms with Crippen molar-refractivity contribution in [3.8, 4) is 0 Å². The first-order valence-corrected chi connectivity index (χ1v) is 8.36. The highest BCUT2D eigenvalue weighted by atomic mass is 16.7. The van der Waals surface area contributed by atoms with Gasteiger partial charge < -0.3 is 24.1 Å². The second kappa shape index (κ2) is 5.92. The van der Waals surface area contributed by atoms with Gasteiger partial charge in [-0.1, -0.05) is 0 Å². The standard InChI is InChI=1S/C16H25N3O3/c1-19-7-6-17-15(19)14(12-2-3-12)18-10-13-11-21-16(22-13)4-8-20-9-5-16/h6-7,12-14,18H,2-5,8-11H2,1H3/t13-,14-/m1/s1. The van der Waals surface area contributed by atoms with E-state index in [0.29, 0.717) is 18.6 Å². The van der Waals surface area contributed by atoms with Gasteiger partial charge in [-0.3, -0.25) is 0 Å². The molecule has 1 aromatic heterocycles. The van der Waals surface area contributed by atoms with Crippen LogP contribution in [0.3, 0.4) is 0 Å². The van der Waals surface area contributed by atoms with Crippen molar-refractivity contribution in [2.24, 2.45) is 13.0 Å². The fourth-order valence-corrected chi connectivity index (χ4v) is 3.50. The lowest BCUT2D eigenvalue weighted by Crippen LogP contribution is -2.39. The highest BCUT2D eigenvalue weighted by molar-refractivity contribution is 5.04. The molecule has 2 saturated heterocycles. The molecule has 1 saturated carbocycles. The maximum atomic E-state index is 6.20. The lowest BCUT2D eigenvalue weighted by Gasteiger charge is -2.31. The molecule has 0 radical (unpaired) electrons. The van der Waals surface area contributed by atoms with E-state index in [4.69, 9.17) is 14.2 Å². The van der Waals surface area contributed by atoms with Crippen molar-refractivity contribution in [1.29, 1.82) is 0 Å². The molecule has 6 nitrogen and oxygen atoms in total. The maximum absolute atomic E-state index is 6.20. The number of hydrogen-bond acceptors (Lipinski definition) is 5. The minimum absolute atomic E-state index is 0.125. The van der Waals surface area contributed by atoms with Crippen LogP contribution in [0.15, 0.2) is 12.4 Å². The van der Waals surface area contributed by atoms with Crippen LogP contribution >= 0.6 is 0 Å². The second-order valence-electron chi connectivity index (χ2n) is 6.69. The zero-order valence-electron chi connectivity index (χ0n) is 13.2. The lowest BCUT2D eigenvalue weighted by molar-refractivity contribution is -0.210. The Morgan fingerprint density at radius 1 is 1.41 bits per heavy atom. The van der Waals surface area contributed by atoms with E-state index in [1.807, 2.05) is 12.4 Å². The van der Waals surface area contributed by atoms with Gasteiger partial charge in [0.2, 0.25) is 0 Å². The van der Waals surface area contributed by atoms with E-state index >= 15 is 0 Å². The van der Waals surface area contributed by atoms with E-state index in [2.05, 4.69) is 21.9 Å². The molecule has 4 rings (SSSR count). The summed E-state index contributed by atoms with van der Waals surface area (Å²) in [7, 11) is 2.06. The van der Waals surface area contributed by atoms with E-state index in [0.717, 1.165) is 38.4 Å². The average Bonchev–Trinajstić information content (AvgIpc) is 3.17. The predicted octanol–water partition coefficient (Wildman–Crippen LogP) is 1.38. The van der Waals surface area contributed by atoms with Gasteiger partial charge in [-0.2, -0.15) is 0 Å². The number of aryl methyl sites for hydroxylation is 1. The zero-order chi connectivity index (χ0) is 15.0. The molecular formula is C16H25N3O3. The van der Waals surface area contributed by atoms with Crippen LogP contribution < -0.4 is 5.32 Å². The Kier molecular flexibility index (Phi) is 3.94. The smallest absolute Gasteiger partial charge is 0.173 e. The van der Waals surface area contributed by atoms with Gasteiger partial charge in [0.15, 0.2) is 5.79 Å². The Labute approximate surface area is 131 Å². The fourth-order valence-electron chi connectivity index (χ4n) is 3.50. The largest absolute Gasteiger partial charge is 0.381 e. The van der Waals surface area contributed by atoms with Crippen LogP contribution in [-0.4, -0.2) is 47.8 Å². The van der Waals surface area contributed by atoms with E-state index in [9.17, 15) is 0 Å². The Morgan fingerprint density at radius 2 is 2.23 bits per heavy atom. The first-order chi connectivity index (χ1) is 10.8. The number of ether oxygens (including phenoxy) is 3. The second-order valence-corrected chi connectivity index (χ2v) is 6.69. The summed E-state index contributed by atoms with van der Waals surface area (Å²) in [6.45, 7) is 2.96. The van der Waals surface area contributed by atoms with Crippen molar-refractivity contribution >= 4 is 0 Å². The van der Waals surface area contributed by atoms with Gasteiger partial charge in [-0.15, -0.1) is 0 Å². The average molecular weight is 307 g/mol. The molecule has 0 amide bonds. The molecule has 1 aliphatic carbocycles. The van der Waals surface area contributed by atoms with E-state index < -0.39 is 0 Å². The van der Waals surface area contributed by atoms with Crippen LogP contribution in [0.25, 0.3) is 0 Å². The summed E-state index contributed by atoms with van der Waals surface area (Å²) in [6, 6.07) is 0.329. The molecule has 0 bridgehead atoms. The quantitative estimate of drug-likeness (QED) is 0.891. The summed E-state index contributed by atoms with van der Waals surface area (Å²) in [4.78, 5) is 4.52. The third kappa shape index (κ3) is 2.93. The predicted molar refractivity (Wildman–Crippen MR) is 80.3 cm³/mol. The van der Waals surface area contributed by atoms with Crippen LogP contribution in [0.2, 0.25) is 0 Å². The summed E-state index contributed by atoms with van der Waals surface area (Å²) in [5.74, 6) is 1.45. The third-order valence-electron chi connectivity index (χ3n) is 4.96. The number of nitrogens with zero attached hydrogens (tertiary/aromatic N) is 2. The minimum Gasteiger partial charge on any atom is -0.381 e. The molecule has 3 fully saturated rings. The Bertz CT molecular complexity index is 508. The number of nitrogens with one attached hydrogen (secondary N) is 1. The summed E-state index contributed by atoms with van der Waals surface area (Å²) >= 11 is 0. The van der Waals surface area contributed by atoms with Crippen molar-refractivity contribution in [2.75, 3.05) is 26.4 Å². The molecule has 122 valence electrons. The van der Waals surface area contributed by atoms with E-state index in [-0.39, 0.29) is 11.9 Å². The number of rotatable bonds is 5. The molecule has 2 atom stereocenters. The molecule has 1 spiro atoms. The van der Waals surface area contributed by atoms with Crippen LogP contribution in [0.4, 0.5) is 0 Å². The van der Waals surface area contributed by atoms with Crippen LogP contribution in [0.5, 0.6) is 0 Å². The molecule has 0 unspecified atom stereocenters. The van der Waals surface area contributed by atoms with Crippen molar-refractivity contribution in [3.63, 3.8) is 0 Å². The monoisotopic (exact) mass is 307 g/mol. The van der Waals surface area contributed by atoms with Gasteiger partial charge in [-0.25, -0.2) is 4.98 Å². The normalized spacial score (nSPS) is 29.0. The SMILES string of the molecule is Cn1ccnc1[C@H](NC[C@@H]1COC2(CCOCC2)O1)C1CC1. The first-order valence-electron chi connectivity index (χ1n) is 8.36. The highest BCUT2D eigenvalue weighted by Crippen LogP contribution is 2.40. The van der Waals surface area contributed by atoms with Gasteiger partial charge in [0, 0.05) is 38.8 Å². The van der Waals surface area contributed by atoms with Crippen molar-refractivity contribution in [2.45, 2.75) is 43.6 Å². The molecule has 1 aromatic rings. The van der Waals surface area contributed by atoms with Gasteiger partial charge in [-0.05, 0) is 18.8 Å². The van der Waals surface area contributed by atoms with Gasteiger partial charge in [0.1, 0.15) is 5.82 Å². The summed E-state index contributed by atoms with van der Waals surface area (Å²) in [5, 5.41) is 3.67. The van der Waals surface area contributed by atoms with E-state index in [1.54, 1.807) is 0 Å². The Morgan fingerprint density at radius 3 is 2.91 bits per heavy atom. The fraction of sp³-hybridized carbons (Fsp3) is 0.812. The summed E-state index contributed by atoms with van der Waals surface area (Å²) in [6.07, 6.45) is 8.27. The number of imidazole rings is 1. The van der Waals surface area contributed by atoms with Gasteiger partial charge >= 0.3 is 0 Å². The number of hydrogen-bond donors (Lipinski definition) is 1. The zero-order valence-corrected chi connectivity index (χ0v) is 13.2. The molecule has 22 heavy (non-hydrogen) atoms. The van der Waals surface area contributed by atoms with Crippen molar-refractivity contribution < 1.29 is 14.2 Å². The molecular weight excluding hydrogens is 282 g/mol. The van der Waals surface area contributed by atoms with Crippen LogP contribution in [0.1, 0.15) is 37.5 Å².